The van der Waals surface area contributed by atoms with Gasteiger partial charge in [0, 0.05) is 22.2 Å². The van der Waals surface area contributed by atoms with Crippen LogP contribution in [0.2, 0.25) is 0 Å². The van der Waals surface area contributed by atoms with Gasteiger partial charge in [-0.05, 0) is 18.2 Å². The summed E-state index contributed by atoms with van der Waals surface area (Å²) in [6.07, 6.45) is -0.875. The lowest BCUT2D eigenvalue weighted by Gasteiger charge is -2.07. The Morgan fingerprint density at radius 3 is 2.43 bits per heavy atom. The maximum absolute atomic E-state index is 11.5. The number of hydrogen-bond donors (Lipinski definition) is 0. The highest BCUT2D eigenvalue weighted by Crippen LogP contribution is 2.19. The van der Waals surface area contributed by atoms with Crippen LogP contribution in [0.4, 0.5) is 10.5 Å². The molecule has 0 saturated heterocycles. The Hall–Kier alpha value is -2.41. The highest BCUT2D eigenvalue weighted by atomic mass is 79.9. The van der Waals surface area contributed by atoms with E-state index in [0.717, 1.165) is 10.0 Å². The summed E-state index contributed by atoms with van der Waals surface area (Å²) in [4.78, 5) is 21.5. The molecule has 0 heterocycles. The van der Waals surface area contributed by atoms with Gasteiger partial charge in [-0.1, -0.05) is 34.1 Å². The van der Waals surface area contributed by atoms with Crippen molar-refractivity contribution < 1.29 is 19.2 Å². The fraction of sp³-hybridized carbons (Fsp3) is 0.0714. The van der Waals surface area contributed by atoms with Crippen molar-refractivity contribution in [3.8, 4) is 5.75 Å². The Morgan fingerprint density at radius 2 is 1.81 bits per heavy atom. The van der Waals surface area contributed by atoms with Gasteiger partial charge >= 0.3 is 6.16 Å². The molecule has 0 unspecified atom stereocenters. The first-order valence-corrected chi connectivity index (χ1v) is 6.68. The molecule has 0 bridgehead atoms. The number of carbonyl (C=O) groups is 1. The minimum Gasteiger partial charge on any atom is -0.429 e. The van der Waals surface area contributed by atoms with Crippen molar-refractivity contribution in [1.29, 1.82) is 0 Å². The van der Waals surface area contributed by atoms with E-state index < -0.39 is 11.1 Å². The van der Waals surface area contributed by atoms with E-state index in [1.54, 1.807) is 0 Å². The number of hydrogen-bond acceptors (Lipinski definition) is 5. The first-order valence-electron chi connectivity index (χ1n) is 5.89. The number of benzene rings is 2. The molecule has 21 heavy (non-hydrogen) atoms. The quantitative estimate of drug-likeness (QED) is 0.359. The first-order chi connectivity index (χ1) is 10.1. The molecule has 2 aromatic carbocycles. The van der Waals surface area contributed by atoms with Gasteiger partial charge in [0.25, 0.3) is 5.69 Å². The number of nitrogens with zero attached hydrogens (tertiary/aromatic N) is 1. The summed E-state index contributed by atoms with van der Waals surface area (Å²) < 4.78 is 10.7. The van der Waals surface area contributed by atoms with E-state index in [0.29, 0.717) is 0 Å². The molecule has 2 rings (SSSR count). The third kappa shape index (κ3) is 4.28. The molecule has 108 valence electrons. The Bertz CT molecular complexity index is 657. The molecule has 0 saturated carbocycles. The summed E-state index contributed by atoms with van der Waals surface area (Å²) in [7, 11) is 0. The van der Waals surface area contributed by atoms with Crippen molar-refractivity contribution in [2.45, 2.75) is 6.61 Å². The summed E-state index contributed by atoms with van der Waals surface area (Å²) in [5.41, 5.74) is 0.724. The van der Waals surface area contributed by atoms with Crippen LogP contribution in [0.5, 0.6) is 5.75 Å². The van der Waals surface area contributed by atoms with Crippen LogP contribution in [-0.4, -0.2) is 11.1 Å². The summed E-state index contributed by atoms with van der Waals surface area (Å²) in [6.45, 7) is 0.0627. The predicted molar refractivity (Wildman–Crippen MR) is 78.1 cm³/mol. The standard InChI is InChI=1S/C14H10BrNO5/c15-13-4-2-1-3-10(13)9-20-14(17)21-12-7-5-11(6-8-12)16(18)19/h1-8H,9H2. The van der Waals surface area contributed by atoms with Crippen LogP contribution in [0.3, 0.4) is 0 Å². The van der Waals surface area contributed by atoms with Crippen molar-refractivity contribution in [3.05, 3.63) is 68.7 Å². The molecule has 0 aromatic heterocycles. The summed E-state index contributed by atoms with van der Waals surface area (Å²) in [5.74, 6) is 0.178. The SMILES string of the molecule is O=C(OCc1ccccc1Br)Oc1ccc([N+](=O)[O-])cc1. The normalized spacial score (nSPS) is 9.95. The van der Waals surface area contributed by atoms with Crippen LogP contribution in [0, 0.1) is 10.1 Å². The summed E-state index contributed by atoms with van der Waals surface area (Å²) in [5, 5.41) is 10.5. The molecule has 0 aliphatic carbocycles. The molecule has 0 spiro atoms. The Labute approximate surface area is 128 Å². The van der Waals surface area contributed by atoms with Crippen LogP contribution in [0.15, 0.2) is 53.0 Å². The van der Waals surface area contributed by atoms with E-state index in [1.807, 2.05) is 24.3 Å². The molecule has 0 N–H and O–H groups in total. The lowest BCUT2D eigenvalue weighted by molar-refractivity contribution is -0.384. The molecule has 0 atom stereocenters. The van der Waals surface area contributed by atoms with Gasteiger partial charge in [0.2, 0.25) is 0 Å². The number of rotatable bonds is 4. The van der Waals surface area contributed by atoms with E-state index in [4.69, 9.17) is 9.47 Å². The smallest absolute Gasteiger partial charge is 0.429 e. The van der Waals surface area contributed by atoms with E-state index in [2.05, 4.69) is 15.9 Å². The third-order valence-corrected chi connectivity index (χ3v) is 3.33. The Balaban J connectivity index is 1.90. The van der Waals surface area contributed by atoms with Crippen LogP contribution in [0.1, 0.15) is 5.56 Å². The zero-order valence-corrected chi connectivity index (χ0v) is 12.3. The lowest BCUT2D eigenvalue weighted by atomic mass is 10.2. The second-order valence-electron chi connectivity index (χ2n) is 3.98. The van der Waals surface area contributed by atoms with Crippen molar-refractivity contribution >= 4 is 27.8 Å². The van der Waals surface area contributed by atoms with Gasteiger partial charge in [0.05, 0.1) is 4.92 Å². The van der Waals surface area contributed by atoms with Crippen molar-refractivity contribution in [3.63, 3.8) is 0 Å². The molecular formula is C14H10BrNO5. The number of non-ortho nitro benzene ring substituents is 1. The Kier molecular flexibility index (Phi) is 4.89. The van der Waals surface area contributed by atoms with Gasteiger partial charge < -0.3 is 9.47 Å². The molecule has 0 aliphatic rings. The molecule has 0 radical (unpaired) electrons. The van der Waals surface area contributed by atoms with Gasteiger partial charge in [-0.25, -0.2) is 4.79 Å². The zero-order valence-electron chi connectivity index (χ0n) is 10.7. The third-order valence-electron chi connectivity index (χ3n) is 2.55. The topological polar surface area (TPSA) is 78.7 Å². The number of ether oxygens (including phenoxy) is 2. The fourth-order valence-electron chi connectivity index (χ4n) is 1.51. The van der Waals surface area contributed by atoms with E-state index in [9.17, 15) is 14.9 Å². The van der Waals surface area contributed by atoms with Crippen molar-refractivity contribution in [2.24, 2.45) is 0 Å². The highest BCUT2D eigenvalue weighted by molar-refractivity contribution is 9.10. The van der Waals surface area contributed by atoms with Crippen LogP contribution in [-0.2, 0) is 11.3 Å². The monoisotopic (exact) mass is 351 g/mol. The van der Waals surface area contributed by atoms with E-state index >= 15 is 0 Å². The van der Waals surface area contributed by atoms with Crippen LogP contribution >= 0.6 is 15.9 Å². The summed E-state index contributed by atoms with van der Waals surface area (Å²) in [6, 6.07) is 12.5. The molecule has 0 aliphatic heterocycles. The van der Waals surface area contributed by atoms with E-state index in [-0.39, 0.29) is 18.0 Å². The van der Waals surface area contributed by atoms with Gasteiger partial charge in [-0.2, -0.15) is 0 Å². The number of nitro groups is 1. The molecule has 2 aromatic rings. The molecule has 7 heteroatoms. The number of nitro benzene ring substituents is 1. The molecular weight excluding hydrogens is 342 g/mol. The van der Waals surface area contributed by atoms with E-state index in [1.165, 1.54) is 24.3 Å². The highest BCUT2D eigenvalue weighted by Gasteiger charge is 2.10. The zero-order chi connectivity index (χ0) is 15.2. The molecule has 6 nitrogen and oxygen atoms in total. The average Bonchev–Trinajstić information content (AvgIpc) is 2.47. The largest absolute Gasteiger partial charge is 0.514 e. The van der Waals surface area contributed by atoms with Crippen molar-refractivity contribution in [1.82, 2.24) is 0 Å². The predicted octanol–water partition coefficient (Wildman–Crippen LogP) is 4.07. The number of carbonyl (C=O) groups excluding carboxylic acids is 1. The van der Waals surface area contributed by atoms with Gasteiger partial charge in [-0.3, -0.25) is 10.1 Å². The van der Waals surface area contributed by atoms with Crippen LogP contribution < -0.4 is 4.74 Å². The van der Waals surface area contributed by atoms with Crippen molar-refractivity contribution in [2.75, 3.05) is 0 Å². The van der Waals surface area contributed by atoms with Gasteiger partial charge in [0.15, 0.2) is 0 Å². The molecule has 0 amide bonds. The number of halogens is 1. The minimum atomic E-state index is -0.875. The average molecular weight is 352 g/mol. The maximum atomic E-state index is 11.5. The van der Waals surface area contributed by atoms with Gasteiger partial charge in [-0.15, -0.1) is 0 Å². The maximum Gasteiger partial charge on any atom is 0.514 e. The first kappa shape index (κ1) is 15.0. The lowest BCUT2D eigenvalue weighted by Crippen LogP contribution is -2.10. The summed E-state index contributed by atoms with van der Waals surface area (Å²) >= 11 is 3.34. The van der Waals surface area contributed by atoms with Gasteiger partial charge in [0.1, 0.15) is 12.4 Å². The van der Waals surface area contributed by atoms with Crippen LogP contribution in [0.25, 0.3) is 0 Å². The minimum absolute atomic E-state index is 0.0627. The second-order valence-corrected chi connectivity index (χ2v) is 4.84. The Morgan fingerprint density at radius 1 is 1.14 bits per heavy atom. The molecule has 0 fully saturated rings. The fourth-order valence-corrected chi connectivity index (χ4v) is 1.91. The second kappa shape index (κ2) is 6.85.